The minimum Gasteiger partial charge on any atom is -0.481 e. The minimum absolute atomic E-state index is 0.478. The Balaban J connectivity index is 1.97. The van der Waals surface area contributed by atoms with Crippen LogP contribution in [0.15, 0.2) is 18.2 Å². The van der Waals surface area contributed by atoms with Crippen LogP contribution in [-0.4, -0.2) is 29.1 Å². The molecule has 1 aromatic rings. The number of hydrogen-bond acceptors (Lipinski definition) is 2. The molecule has 0 aliphatic carbocycles. The number of hydrogen-bond donors (Lipinski definition) is 1. The van der Waals surface area contributed by atoms with Crippen LogP contribution in [-0.2, 0) is 11.3 Å². The molecule has 1 aromatic carbocycles. The second-order valence-corrected chi connectivity index (χ2v) is 6.53. The molecule has 1 saturated heterocycles. The number of carboxylic acids is 1. The van der Waals surface area contributed by atoms with E-state index in [0.29, 0.717) is 0 Å². The van der Waals surface area contributed by atoms with Crippen LogP contribution >= 0.6 is 0 Å². The Kier molecular flexibility index (Phi) is 5.04. The van der Waals surface area contributed by atoms with Gasteiger partial charge in [-0.2, -0.15) is 0 Å². The van der Waals surface area contributed by atoms with E-state index in [4.69, 9.17) is 0 Å². The van der Waals surface area contributed by atoms with Crippen LogP contribution in [0, 0.1) is 19.3 Å². The number of nitrogens with zero attached hydrogens (tertiary/aromatic N) is 1. The van der Waals surface area contributed by atoms with E-state index in [9.17, 15) is 9.90 Å². The first-order valence-corrected chi connectivity index (χ1v) is 7.99. The molecule has 1 aliphatic heterocycles. The van der Waals surface area contributed by atoms with E-state index in [-0.39, 0.29) is 0 Å². The van der Waals surface area contributed by atoms with Gasteiger partial charge in [0, 0.05) is 6.54 Å². The zero-order chi connectivity index (χ0) is 15.5. The van der Waals surface area contributed by atoms with Gasteiger partial charge in [-0.3, -0.25) is 9.69 Å². The highest BCUT2D eigenvalue weighted by Crippen LogP contribution is 2.36. The Morgan fingerprint density at radius 2 is 1.90 bits per heavy atom. The highest BCUT2D eigenvalue weighted by Gasteiger charge is 2.40. The number of rotatable bonds is 5. The van der Waals surface area contributed by atoms with Crippen molar-refractivity contribution in [2.45, 2.75) is 53.0 Å². The fourth-order valence-electron chi connectivity index (χ4n) is 3.35. The number of aliphatic carboxylic acids is 1. The molecular formula is C18H27NO2. The normalized spacial score (nSPS) is 18.6. The molecule has 0 spiro atoms. The second kappa shape index (κ2) is 6.61. The molecule has 116 valence electrons. The van der Waals surface area contributed by atoms with Gasteiger partial charge in [0.05, 0.1) is 5.41 Å². The van der Waals surface area contributed by atoms with Crippen LogP contribution in [0.3, 0.4) is 0 Å². The zero-order valence-corrected chi connectivity index (χ0v) is 13.5. The summed E-state index contributed by atoms with van der Waals surface area (Å²) in [6.07, 6.45) is 3.31. The first-order valence-electron chi connectivity index (χ1n) is 7.99. The van der Waals surface area contributed by atoms with Gasteiger partial charge in [-0.1, -0.05) is 31.5 Å². The quantitative estimate of drug-likeness (QED) is 0.897. The summed E-state index contributed by atoms with van der Waals surface area (Å²) in [5, 5.41) is 9.54. The van der Waals surface area contributed by atoms with E-state index >= 15 is 0 Å². The smallest absolute Gasteiger partial charge is 0.309 e. The van der Waals surface area contributed by atoms with Gasteiger partial charge in [-0.25, -0.2) is 0 Å². The molecule has 3 heteroatoms. The van der Waals surface area contributed by atoms with Crippen LogP contribution in [0.25, 0.3) is 0 Å². The zero-order valence-electron chi connectivity index (χ0n) is 13.5. The average molecular weight is 289 g/mol. The summed E-state index contributed by atoms with van der Waals surface area (Å²) in [5.41, 5.74) is 3.51. The van der Waals surface area contributed by atoms with Crippen LogP contribution in [0.5, 0.6) is 0 Å². The maximum absolute atomic E-state index is 11.6. The minimum atomic E-state index is -0.602. The van der Waals surface area contributed by atoms with Gasteiger partial charge in [0.15, 0.2) is 0 Å². The standard InChI is InChI=1S/C18H27NO2/c1-4-7-18(17(20)21)8-10-19(11-9-18)13-16-6-5-14(2)15(3)12-16/h5-6,12H,4,7-11,13H2,1-3H3,(H,20,21). The highest BCUT2D eigenvalue weighted by atomic mass is 16.4. The first-order chi connectivity index (χ1) is 9.97. The van der Waals surface area contributed by atoms with Gasteiger partial charge in [-0.15, -0.1) is 0 Å². The van der Waals surface area contributed by atoms with Gasteiger partial charge in [0.1, 0.15) is 0 Å². The number of likely N-dealkylation sites (tertiary alicyclic amines) is 1. The van der Waals surface area contributed by atoms with Gasteiger partial charge in [-0.05, 0) is 62.9 Å². The molecule has 0 unspecified atom stereocenters. The fourth-order valence-corrected chi connectivity index (χ4v) is 3.35. The van der Waals surface area contributed by atoms with Crippen molar-refractivity contribution in [2.75, 3.05) is 13.1 Å². The van der Waals surface area contributed by atoms with Gasteiger partial charge >= 0.3 is 5.97 Å². The van der Waals surface area contributed by atoms with Crippen molar-refractivity contribution >= 4 is 5.97 Å². The van der Waals surface area contributed by atoms with Gasteiger partial charge in [0.25, 0.3) is 0 Å². The Morgan fingerprint density at radius 3 is 2.43 bits per heavy atom. The van der Waals surface area contributed by atoms with Crippen molar-refractivity contribution < 1.29 is 9.90 Å². The largest absolute Gasteiger partial charge is 0.481 e. The molecule has 0 bridgehead atoms. The second-order valence-electron chi connectivity index (χ2n) is 6.53. The Hall–Kier alpha value is -1.35. The third-order valence-corrected chi connectivity index (χ3v) is 4.97. The Labute approximate surface area is 128 Å². The molecule has 1 heterocycles. The molecule has 1 aliphatic rings. The summed E-state index contributed by atoms with van der Waals surface area (Å²) < 4.78 is 0. The third-order valence-electron chi connectivity index (χ3n) is 4.97. The van der Waals surface area contributed by atoms with E-state index < -0.39 is 11.4 Å². The third kappa shape index (κ3) is 3.65. The average Bonchev–Trinajstić information content (AvgIpc) is 2.45. The summed E-state index contributed by atoms with van der Waals surface area (Å²) in [4.78, 5) is 14.0. The molecule has 1 N–H and O–H groups in total. The van der Waals surface area contributed by atoms with Gasteiger partial charge < -0.3 is 5.11 Å². The molecule has 21 heavy (non-hydrogen) atoms. The monoisotopic (exact) mass is 289 g/mol. The van der Waals surface area contributed by atoms with Crippen LogP contribution in [0.4, 0.5) is 0 Å². The lowest BCUT2D eigenvalue weighted by atomic mass is 9.75. The van der Waals surface area contributed by atoms with Crippen LogP contribution in [0.1, 0.15) is 49.3 Å². The van der Waals surface area contributed by atoms with Crippen LogP contribution < -0.4 is 0 Å². The number of carboxylic acid groups (broad SMARTS) is 1. The highest BCUT2D eigenvalue weighted by molar-refractivity contribution is 5.74. The maximum Gasteiger partial charge on any atom is 0.309 e. The molecule has 3 nitrogen and oxygen atoms in total. The molecule has 0 atom stereocenters. The van der Waals surface area contributed by atoms with Crippen molar-refractivity contribution in [3.8, 4) is 0 Å². The SMILES string of the molecule is CCCC1(C(=O)O)CCN(Cc2ccc(C)c(C)c2)CC1. The molecular weight excluding hydrogens is 262 g/mol. The number of piperidine rings is 1. The fraction of sp³-hybridized carbons (Fsp3) is 0.611. The Bertz CT molecular complexity index is 502. The van der Waals surface area contributed by atoms with E-state index in [2.05, 4.69) is 43.9 Å². The van der Waals surface area contributed by atoms with E-state index in [1.807, 2.05) is 0 Å². The molecule has 0 saturated carbocycles. The van der Waals surface area contributed by atoms with Crippen molar-refractivity contribution in [1.82, 2.24) is 4.90 Å². The topological polar surface area (TPSA) is 40.5 Å². The van der Waals surface area contributed by atoms with E-state index in [0.717, 1.165) is 45.3 Å². The first kappa shape index (κ1) is 16.0. The molecule has 1 fully saturated rings. The summed E-state index contributed by atoms with van der Waals surface area (Å²) in [6, 6.07) is 6.61. The molecule has 0 amide bonds. The Morgan fingerprint density at radius 1 is 1.24 bits per heavy atom. The maximum atomic E-state index is 11.6. The van der Waals surface area contributed by atoms with Crippen molar-refractivity contribution in [1.29, 1.82) is 0 Å². The lowest BCUT2D eigenvalue weighted by Crippen LogP contribution is -2.44. The molecule has 0 aromatic heterocycles. The van der Waals surface area contributed by atoms with Gasteiger partial charge in [0.2, 0.25) is 0 Å². The molecule has 2 rings (SSSR count). The summed E-state index contributed by atoms with van der Waals surface area (Å²) in [6.45, 7) is 9.06. The summed E-state index contributed by atoms with van der Waals surface area (Å²) >= 11 is 0. The van der Waals surface area contributed by atoms with Crippen molar-refractivity contribution in [2.24, 2.45) is 5.41 Å². The summed E-state index contributed by atoms with van der Waals surface area (Å²) in [7, 11) is 0. The lowest BCUT2D eigenvalue weighted by molar-refractivity contribution is -0.152. The van der Waals surface area contributed by atoms with Crippen molar-refractivity contribution in [3.63, 3.8) is 0 Å². The number of aryl methyl sites for hydroxylation is 2. The van der Waals surface area contributed by atoms with E-state index in [1.54, 1.807) is 0 Å². The predicted octanol–water partition coefficient (Wildman–Crippen LogP) is 3.77. The predicted molar refractivity (Wildman–Crippen MR) is 85.4 cm³/mol. The summed E-state index contributed by atoms with van der Waals surface area (Å²) in [5.74, 6) is -0.602. The number of carbonyl (C=O) groups is 1. The van der Waals surface area contributed by atoms with Crippen LogP contribution in [0.2, 0.25) is 0 Å². The lowest BCUT2D eigenvalue weighted by Gasteiger charge is -2.39. The molecule has 0 radical (unpaired) electrons. The van der Waals surface area contributed by atoms with E-state index in [1.165, 1.54) is 16.7 Å². The van der Waals surface area contributed by atoms with Crippen molar-refractivity contribution in [3.05, 3.63) is 34.9 Å². The number of benzene rings is 1.